The van der Waals surface area contributed by atoms with Gasteiger partial charge in [-0.3, -0.25) is 4.79 Å². The number of amides is 1. The van der Waals surface area contributed by atoms with Crippen molar-refractivity contribution in [1.82, 2.24) is 5.32 Å². The average molecular weight is 353 g/mol. The molecule has 0 unspecified atom stereocenters. The van der Waals surface area contributed by atoms with Crippen molar-refractivity contribution in [2.24, 2.45) is 0 Å². The van der Waals surface area contributed by atoms with Crippen molar-refractivity contribution in [2.75, 3.05) is 5.88 Å². The van der Waals surface area contributed by atoms with Crippen LogP contribution in [0.2, 0.25) is 0 Å². The van der Waals surface area contributed by atoms with Gasteiger partial charge in [-0.25, -0.2) is 8.78 Å². The van der Waals surface area contributed by atoms with Crippen molar-refractivity contribution >= 4 is 33.4 Å². The number of alkyl halides is 1. The quantitative estimate of drug-likeness (QED) is 0.818. The summed E-state index contributed by atoms with van der Waals surface area (Å²) < 4.78 is 27.7. The zero-order valence-corrected chi connectivity index (χ0v) is 12.5. The van der Waals surface area contributed by atoms with Gasteiger partial charge in [-0.15, -0.1) is 11.6 Å². The Morgan fingerprint density at radius 3 is 2.32 bits per heavy atom. The van der Waals surface area contributed by atoms with Crippen molar-refractivity contribution in [1.29, 1.82) is 0 Å². The van der Waals surface area contributed by atoms with Gasteiger partial charge in [0.05, 0.1) is 5.54 Å². The molecular formula is C13H13BrClF2NO. The van der Waals surface area contributed by atoms with Crippen LogP contribution in [-0.4, -0.2) is 17.3 Å². The molecule has 2 rings (SSSR count). The van der Waals surface area contributed by atoms with Gasteiger partial charge in [-0.1, -0.05) is 28.8 Å². The van der Waals surface area contributed by atoms with E-state index in [-0.39, 0.29) is 10.4 Å². The molecule has 2 nitrogen and oxygen atoms in total. The number of carbonyl (C=O) groups excluding carboxylic acids is 1. The van der Waals surface area contributed by atoms with Gasteiger partial charge in [-0.2, -0.15) is 0 Å². The van der Waals surface area contributed by atoms with Gasteiger partial charge in [0.1, 0.15) is 17.2 Å². The summed E-state index contributed by atoms with van der Waals surface area (Å²) in [5, 5.41) is 2.69. The van der Waals surface area contributed by atoms with E-state index in [0.717, 1.165) is 37.8 Å². The molecule has 1 N–H and O–H groups in total. The van der Waals surface area contributed by atoms with Gasteiger partial charge >= 0.3 is 0 Å². The second kappa shape index (κ2) is 5.75. The molecule has 104 valence electrons. The van der Waals surface area contributed by atoms with Crippen LogP contribution in [0.1, 0.15) is 36.0 Å². The van der Waals surface area contributed by atoms with Gasteiger partial charge in [0.2, 0.25) is 0 Å². The Labute approximate surface area is 123 Å². The molecule has 1 saturated carbocycles. The molecule has 0 aliphatic heterocycles. The summed E-state index contributed by atoms with van der Waals surface area (Å²) >= 11 is 8.87. The highest BCUT2D eigenvalue weighted by Crippen LogP contribution is 2.31. The number of hydrogen-bond acceptors (Lipinski definition) is 1. The molecule has 19 heavy (non-hydrogen) atoms. The Morgan fingerprint density at radius 1 is 1.32 bits per heavy atom. The minimum absolute atomic E-state index is 0.249. The van der Waals surface area contributed by atoms with Crippen LogP contribution in [0.4, 0.5) is 8.78 Å². The number of halogens is 4. The first kappa shape index (κ1) is 14.7. The Hall–Kier alpha value is -0.680. The normalized spacial score (nSPS) is 17.5. The van der Waals surface area contributed by atoms with E-state index in [1.54, 1.807) is 0 Å². The Bertz CT molecular complexity index is 480. The number of benzene rings is 1. The lowest BCUT2D eigenvalue weighted by molar-refractivity contribution is 0.0900. The minimum Gasteiger partial charge on any atom is -0.345 e. The van der Waals surface area contributed by atoms with Crippen LogP contribution in [0.5, 0.6) is 0 Å². The molecule has 0 radical (unpaired) electrons. The summed E-state index contributed by atoms with van der Waals surface area (Å²) in [6, 6.07) is 2.14. The molecular weight excluding hydrogens is 340 g/mol. The summed E-state index contributed by atoms with van der Waals surface area (Å²) in [5.41, 5.74) is -1.09. The number of carbonyl (C=O) groups is 1. The van der Waals surface area contributed by atoms with Crippen LogP contribution in [0, 0.1) is 11.6 Å². The number of rotatable bonds is 3. The first-order valence-electron chi connectivity index (χ1n) is 6.00. The van der Waals surface area contributed by atoms with Crippen LogP contribution in [0.25, 0.3) is 0 Å². The Morgan fingerprint density at radius 2 is 1.84 bits per heavy atom. The Kier molecular flexibility index (Phi) is 4.46. The molecule has 0 saturated heterocycles. The molecule has 1 amide bonds. The highest BCUT2D eigenvalue weighted by atomic mass is 79.9. The van der Waals surface area contributed by atoms with Crippen molar-refractivity contribution in [3.05, 3.63) is 33.8 Å². The second-order valence-electron chi connectivity index (χ2n) is 4.82. The predicted octanol–water partition coefficient (Wildman–Crippen LogP) is 4.01. The molecule has 0 spiro atoms. The Balaban J connectivity index is 2.25. The smallest absolute Gasteiger partial charge is 0.257 e. The lowest BCUT2D eigenvalue weighted by Crippen LogP contribution is -2.48. The van der Waals surface area contributed by atoms with Gasteiger partial charge in [-0.05, 0) is 25.0 Å². The fourth-order valence-corrected chi connectivity index (χ4v) is 3.14. The maximum absolute atomic E-state index is 13.7. The lowest BCUT2D eigenvalue weighted by Gasteiger charge is -2.28. The SMILES string of the molecule is O=C(NC1(CCl)CCCC1)c1c(F)cc(Br)cc1F. The molecule has 1 aromatic carbocycles. The summed E-state index contributed by atoms with van der Waals surface area (Å²) in [7, 11) is 0. The van der Waals surface area contributed by atoms with Crippen LogP contribution >= 0.6 is 27.5 Å². The monoisotopic (exact) mass is 351 g/mol. The zero-order valence-electron chi connectivity index (χ0n) is 10.1. The predicted molar refractivity (Wildman–Crippen MR) is 73.4 cm³/mol. The van der Waals surface area contributed by atoms with Crippen LogP contribution in [0.15, 0.2) is 16.6 Å². The summed E-state index contributed by atoms with van der Waals surface area (Å²) in [6.07, 6.45) is 3.39. The van der Waals surface area contributed by atoms with Crippen molar-refractivity contribution in [3.8, 4) is 0 Å². The molecule has 1 aromatic rings. The minimum atomic E-state index is -0.882. The molecule has 0 bridgehead atoms. The van der Waals surface area contributed by atoms with E-state index in [9.17, 15) is 13.6 Å². The topological polar surface area (TPSA) is 29.1 Å². The molecule has 1 aliphatic rings. The van der Waals surface area contributed by atoms with Crippen LogP contribution in [-0.2, 0) is 0 Å². The zero-order chi connectivity index (χ0) is 14.0. The first-order chi connectivity index (χ1) is 8.97. The van der Waals surface area contributed by atoms with E-state index in [2.05, 4.69) is 21.2 Å². The van der Waals surface area contributed by atoms with E-state index in [4.69, 9.17) is 11.6 Å². The number of nitrogens with one attached hydrogen (secondary N) is 1. The molecule has 0 aromatic heterocycles. The maximum Gasteiger partial charge on any atom is 0.257 e. The van der Waals surface area contributed by atoms with E-state index in [1.807, 2.05) is 0 Å². The summed E-state index contributed by atoms with van der Waals surface area (Å²) in [4.78, 5) is 12.1. The van der Waals surface area contributed by atoms with E-state index in [0.29, 0.717) is 0 Å². The third kappa shape index (κ3) is 3.08. The van der Waals surface area contributed by atoms with E-state index in [1.165, 1.54) is 0 Å². The first-order valence-corrected chi connectivity index (χ1v) is 7.33. The third-order valence-electron chi connectivity index (χ3n) is 3.43. The standard InChI is InChI=1S/C13H13BrClF2NO/c14-8-5-9(16)11(10(17)6-8)12(19)18-13(7-15)3-1-2-4-13/h5-6H,1-4,7H2,(H,18,19). The van der Waals surface area contributed by atoms with Crippen molar-refractivity contribution < 1.29 is 13.6 Å². The molecule has 1 fully saturated rings. The highest BCUT2D eigenvalue weighted by molar-refractivity contribution is 9.10. The second-order valence-corrected chi connectivity index (χ2v) is 6.00. The van der Waals surface area contributed by atoms with E-state index >= 15 is 0 Å². The maximum atomic E-state index is 13.7. The largest absolute Gasteiger partial charge is 0.345 e. The third-order valence-corrected chi connectivity index (χ3v) is 4.40. The summed E-state index contributed by atoms with van der Waals surface area (Å²) in [5.74, 6) is -2.26. The van der Waals surface area contributed by atoms with Gasteiger partial charge in [0.25, 0.3) is 5.91 Å². The summed E-state index contributed by atoms with van der Waals surface area (Å²) in [6.45, 7) is 0. The van der Waals surface area contributed by atoms with Gasteiger partial charge < -0.3 is 5.32 Å². The number of hydrogen-bond donors (Lipinski definition) is 1. The van der Waals surface area contributed by atoms with Crippen molar-refractivity contribution in [2.45, 2.75) is 31.2 Å². The van der Waals surface area contributed by atoms with Crippen LogP contribution < -0.4 is 5.32 Å². The average Bonchev–Trinajstić information content (AvgIpc) is 2.76. The van der Waals surface area contributed by atoms with Gasteiger partial charge in [0, 0.05) is 10.4 Å². The molecule has 1 aliphatic carbocycles. The molecule has 6 heteroatoms. The van der Waals surface area contributed by atoms with Gasteiger partial charge in [0.15, 0.2) is 0 Å². The van der Waals surface area contributed by atoms with E-state index < -0.39 is 28.6 Å². The highest BCUT2D eigenvalue weighted by Gasteiger charge is 2.35. The molecule has 0 heterocycles. The molecule has 0 atom stereocenters. The lowest BCUT2D eigenvalue weighted by atomic mass is 9.99. The van der Waals surface area contributed by atoms with Crippen LogP contribution in [0.3, 0.4) is 0 Å². The fourth-order valence-electron chi connectivity index (χ4n) is 2.41. The fraction of sp³-hybridized carbons (Fsp3) is 0.462. The van der Waals surface area contributed by atoms with Crippen molar-refractivity contribution in [3.63, 3.8) is 0 Å².